The lowest BCUT2D eigenvalue weighted by Crippen LogP contribution is -2.26. The van der Waals surface area contributed by atoms with Crippen LogP contribution in [0.3, 0.4) is 0 Å². The number of benzene rings is 1. The molecule has 1 aromatic carbocycles. The van der Waals surface area contributed by atoms with Crippen LogP contribution in [0, 0.1) is 5.41 Å². The van der Waals surface area contributed by atoms with Crippen LogP contribution in [-0.4, -0.2) is 16.8 Å². The molecule has 6 heteroatoms. The van der Waals surface area contributed by atoms with E-state index >= 15 is 0 Å². The summed E-state index contributed by atoms with van der Waals surface area (Å²) < 4.78 is 5.15. The maximum atomic E-state index is 11.4. The van der Waals surface area contributed by atoms with Crippen molar-refractivity contribution in [3.05, 3.63) is 53.2 Å². The molecular weight excluding hydrogens is 268 g/mol. The number of cyclic esters (lactones) is 1. The van der Waals surface area contributed by atoms with Crippen LogP contribution < -0.4 is 11.1 Å². The van der Waals surface area contributed by atoms with E-state index in [4.69, 9.17) is 15.9 Å². The van der Waals surface area contributed by atoms with Crippen LogP contribution >= 0.6 is 0 Å². The molecule has 4 N–H and O–H groups in total. The molecule has 2 heterocycles. The Morgan fingerprint density at radius 3 is 2.86 bits per heavy atom. The number of fused-ring (bicyclic) bond motifs is 1. The zero-order chi connectivity index (χ0) is 15.0. The maximum Gasteiger partial charge on any atom is 0.413 e. The third kappa shape index (κ3) is 2.20. The summed E-state index contributed by atoms with van der Waals surface area (Å²) in [6.45, 7) is 1.75. The summed E-state index contributed by atoms with van der Waals surface area (Å²) >= 11 is 0. The van der Waals surface area contributed by atoms with Crippen LogP contribution in [0.5, 0.6) is 0 Å². The average molecular weight is 282 g/mol. The number of para-hydroxylation sites is 1. The Morgan fingerprint density at radius 2 is 2.10 bits per heavy atom. The number of hydrogen-bond donors (Lipinski definition) is 3. The first kappa shape index (κ1) is 13.1. The highest BCUT2D eigenvalue weighted by molar-refractivity contribution is 6.15. The number of carbonyl (C=O) groups excluding carboxylic acids is 1. The quantitative estimate of drug-likeness (QED) is 0.582. The summed E-state index contributed by atoms with van der Waals surface area (Å²) in [6.07, 6.45) is 0.549. The fourth-order valence-corrected chi connectivity index (χ4v) is 2.42. The van der Waals surface area contributed by atoms with Gasteiger partial charge in [0.2, 0.25) is 0 Å². The number of nitrogens with one attached hydrogen (secondary N) is 2. The molecule has 0 radical (unpaired) electrons. The van der Waals surface area contributed by atoms with E-state index in [0.29, 0.717) is 28.2 Å². The Balaban J connectivity index is 2.12. The standard InChI is InChI=1S/C15H14N4O2/c1-8-12-10(6-7-18-14(12)19-15(20)21-8)13(17)9-4-2-3-5-11(9)16/h2-8,17H,16H2,1H3,(H,18,19,20). The van der Waals surface area contributed by atoms with E-state index in [-0.39, 0.29) is 5.71 Å². The topological polar surface area (TPSA) is 101 Å². The number of hydrogen-bond acceptors (Lipinski definition) is 5. The van der Waals surface area contributed by atoms with Crippen LogP contribution in [0.2, 0.25) is 0 Å². The van der Waals surface area contributed by atoms with Crippen molar-refractivity contribution >= 4 is 23.3 Å². The van der Waals surface area contributed by atoms with Gasteiger partial charge in [-0.3, -0.25) is 10.7 Å². The van der Waals surface area contributed by atoms with Gasteiger partial charge < -0.3 is 10.5 Å². The third-order valence-electron chi connectivity index (χ3n) is 3.40. The smallest absolute Gasteiger partial charge is 0.413 e. The highest BCUT2D eigenvalue weighted by Gasteiger charge is 2.28. The second-order valence-corrected chi connectivity index (χ2v) is 4.76. The summed E-state index contributed by atoms with van der Waals surface area (Å²) in [5, 5.41) is 11.0. The molecule has 1 aromatic heterocycles. The molecule has 3 rings (SSSR count). The van der Waals surface area contributed by atoms with Crippen molar-refractivity contribution in [1.82, 2.24) is 4.98 Å². The van der Waals surface area contributed by atoms with Crippen molar-refractivity contribution in [1.29, 1.82) is 5.41 Å². The number of pyridine rings is 1. The highest BCUT2D eigenvalue weighted by Crippen LogP contribution is 2.33. The van der Waals surface area contributed by atoms with Crippen molar-refractivity contribution in [2.75, 3.05) is 11.1 Å². The van der Waals surface area contributed by atoms with Crippen molar-refractivity contribution < 1.29 is 9.53 Å². The molecule has 6 nitrogen and oxygen atoms in total. The van der Waals surface area contributed by atoms with Crippen molar-refractivity contribution in [3.63, 3.8) is 0 Å². The van der Waals surface area contributed by atoms with E-state index in [9.17, 15) is 4.79 Å². The summed E-state index contributed by atoms with van der Waals surface area (Å²) in [7, 11) is 0. The number of carbonyl (C=O) groups is 1. The Labute approximate surface area is 121 Å². The Morgan fingerprint density at radius 1 is 1.33 bits per heavy atom. The second kappa shape index (κ2) is 4.90. The van der Waals surface area contributed by atoms with Gasteiger partial charge in [-0.2, -0.15) is 0 Å². The SMILES string of the molecule is CC1OC(=O)Nc2nccc(C(=N)c3ccccc3N)c21. The molecule has 2 aromatic rings. The molecule has 0 saturated carbocycles. The Hall–Kier alpha value is -2.89. The van der Waals surface area contributed by atoms with Gasteiger partial charge in [0.1, 0.15) is 11.9 Å². The van der Waals surface area contributed by atoms with Crippen LogP contribution in [0.25, 0.3) is 0 Å². The lowest BCUT2D eigenvalue weighted by Gasteiger charge is -2.25. The number of ether oxygens (including phenoxy) is 1. The number of anilines is 2. The number of nitrogen functional groups attached to an aromatic ring is 1. The fraction of sp³-hybridized carbons (Fsp3) is 0.133. The lowest BCUT2D eigenvalue weighted by molar-refractivity contribution is 0.116. The second-order valence-electron chi connectivity index (χ2n) is 4.76. The largest absolute Gasteiger partial charge is 0.441 e. The number of rotatable bonds is 2. The van der Waals surface area contributed by atoms with Gasteiger partial charge in [-0.15, -0.1) is 0 Å². The number of nitrogens with zero attached hydrogens (tertiary/aromatic N) is 1. The van der Waals surface area contributed by atoms with Gasteiger partial charge in [0.25, 0.3) is 0 Å². The van der Waals surface area contributed by atoms with Crippen LogP contribution in [0.4, 0.5) is 16.3 Å². The molecule has 1 amide bonds. The monoisotopic (exact) mass is 282 g/mol. The van der Waals surface area contributed by atoms with E-state index < -0.39 is 12.2 Å². The number of nitrogens with two attached hydrogens (primary N) is 1. The van der Waals surface area contributed by atoms with E-state index in [2.05, 4.69) is 10.3 Å². The minimum atomic E-state index is -0.537. The van der Waals surface area contributed by atoms with E-state index in [1.165, 1.54) is 0 Å². The molecule has 21 heavy (non-hydrogen) atoms. The summed E-state index contributed by atoms with van der Waals surface area (Å²) in [5.74, 6) is 0.426. The van der Waals surface area contributed by atoms with Gasteiger partial charge >= 0.3 is 6.09 Å². The molecule has 0 saturated heterocycles. The molecule has 1 atom stereocenters. The lowest BCUT2D eigenvalue weighted by atomic mass is 9.94. The first-order valence-corrected chi connectivity index (χ1v) is 6.48. The molecule has 1 aliphatic heterocycles. The minimum absolute atomic E-state index is 0.276. The fourth-order valence-electron chi connectivity index (χ4n) is 2.42. The first-order valence-electron chi connectivity index (χ1n) is 6.48. The van der Waals surface area contributed by atoms with Crippen LogP contribution in [0.15, 0.2) is 36.5 Å². The molecule has 1 aliphatic rings. The molecule has 106 valence electrons. The average Bonchev–Trinajstić information content (AvgIpc) is 2.46. The Kier molecular flexibility index (Phi) is 3.06. The van der Waals surface area contributed by atoms with Crippen molar-refractivity contribution in [2.24, 2.45) is 0 Å². The van der Waals surface area contributed by atoms with E-state index in [1.54, 1.807) is 31.3 Å². The molecule has 0 bridgehead atoms. The van der Waals surface area contributed by atoms with Crippen LogP contribution in [0.1, 0.15) is 29.7 Å². The zero-order valence-electron chi connectivity index (χ0n) is 11.4. The number of aromatic nitrogens is 1. The van der Waals surface area contributed by atoms with Gasteiger partial charge in [-0.05, 0) is 19.1 Å². The third-order valence-corrected chi connectivity index (χ3v) is 3.40. The zero-order valence-corrected chi connectivity index (χ0v) is 11.4. The Bertz CT molecular complexity index is 742. The maximum absolute atomic E-state index is 11.4. The van der Waals surface area contributed by atoms with Gasteiger partial charge in [0.05, 0.1) is 5.71 Å². The van der Waals surface area contributed by atoms with Gasteiger partial charge in [0.15, 0.2) is 0 Å². The minimum Gasteiger partial charge on any atom is -0.441 e. The van der Waals surface area contributed by atoms with Crippen molar-refractivity contribution in [2.45, 2.75) is 13.0 Å². The normalized spacial score (nSPS) is 16.6. The molecule has 1 unspecified atom stereocenters. The van der Waals surface area contributed by atoms with Gasteiger partial charge in [-0.1, -0.05) is 18.2 Å². The molecule has 0 fully saturated rings. The van der Waals surface area contributed by atoms with E-state index in [1.807, 2.05) is 12.1 Å². The number of amides is 1. The van der Waals surface area contributed by atoms with Crippen molar-refractivity contribution in [3.8, 4) is 0 Å². The highest BCUT2D eigenvalue weighted by atomic mass is 16.6. The summed E-state index contributed by atoms with van der Waals surface area (Å²) in [5.41, 5.74) is 8.70. The summed E-state index contributed by atoms with van der Waals surface area (Å²) in [4.78, 5) is 15.5. The van der Waals surface area contributed by atoms with Crippen LogP contribution in [-0.2, 0) is 4.74 Å². The molecule has 0 spiro atoms. The predicted octanol–water partition coefficient (Wildman–Crippen LogP) is 2.70. The predicted molar refractivity (Wildman–Crippen MR) is 79.5 cm³/mol. The van der Waals surface area contributed by atoms with Gasteiger partial charge in [0, 0.05) is 28.6 Å². The molecular formula is C15H14N4O2. The first-order chi connectivity index (χ1) is 10.1. The van der Waals surface area contributed by atoms with Gasteiger partial charge in [-0.25, -0.2) is 9.78 Å². The summed E-state index contributed by atoms with van der Waals surface area (Å²) in [6, 6.07) is 8.91. The van der Waals surface area contributed by atoms with E-state index in [0.717, 1.165) is 0 Å². The molecule has 0 aliphatic carbocycles.